The number of carbonyl (C=O) groups is 1. The maximum atomic E-state index is 12.0. The molecule has 0 fully saturated rings. The average Bonchev–Trinajstić information content (AvgIpc) is 2.89. The maximum Gasteiger partial charge on any atom is 0.335 e. The SMILES string of the molecule is O=C(O)c1ccc(S(=O)CCc2ccsc2)cc1. The minimum Gasteiger partial charge on any atom is -0.478 e. The van der Waals surface area contributed by atoms with Gasteiger partial charge in [0.1, 0.15) is 0 Å². The third-order valence-corrected chi connectivity index (χ3v) is 4.63. The van der Waals surface area contributed by atoms with E-state index < -0.39 is 16.8 Å². The minimum absolute atomic E-state index is 0.216. The van der Waals surface area contributed by atoms with Crippen molar-refractivity contribution in [2.75, 3.05) is 5.75 Å². The van der Waals surface area contributed by atoms with Crippen molar-refractivity contribution in [1.82, 2.24) is 0 Å². The Labute approximate surface area is 112 Å². The second-order valence-corrected chi connectivity index (χ2v) is 6.11. The third-order valence-electron chi connectivity index (χ3n) is 2.52. The lowest BCUT2D eigenvalue weighted by Crippen LogP contribution is -2.02. The molecule has 5 heteroatoms. The third kappa shape index (κ3) is 3.27. The topological polar surface area (TPSA) is 54.4 Å². The zero-order valence-electron chi connectivity index (χ0n) is 9.54. The Kier molecular flexibility index (Phi) is 4.28. The second kappa shape index (κ2) is 5.93. The zero-order valence-corrected chi connectivity index (χ0v) is 11.2. The van der Waals surface area contributed by atoms with Crippen LogP contribution in [0.4, 0.5) is 0 Å². The van der Waals surface area contributed by atoms with Gasteiger partial charge in [0.2, 0.25) is 0 Å². The molecule has 0 saturated carbocycles. The van der Waals surface area contributed by atoms with Crippen molar-refractivity contribution >= 4 is 28.1 Å². The van der Waals surface area contributed by atoms with Crippen LogP contribution in [0.25, 0.3) is 0 Å². The Balaban J connectivity index is 1.98. The summed E-state index contributed by atoms with van der Waals surface area (Å²) in [5.74, 6) is -0.408. The zero-order chi connectivity index (χ0) is 13.0. The van der Waals surface area contributed by atoms with Gasteiger partial charge in [-0.15, -0.1) is 0 Å². The number of carboxylic acids is 1. The van der Waals surface area contributed by atoms with Gasteiger partial charge in [0.15, 0.2) is 0 Å². The Morgan fingerprint density at radius 2 is 1.94 bits per heavy atom. The fourth-order valence-corrected chi connectivity index (χ4v) is 3.31. The molecule has 1 aromatic carbocycles. The molecule has 0 aliphatic carbocycles. The number of thiophene rings is 1. The van der Waals surface area contributed by atoms with Gasteiger partial charge in [0, 0.05) is 10.6 Å². The largest absolute Gasteiger partial charge is 0.478 e. The summed E-state index contributed by atoms with van der Waals surface area (Å²) >= 11 is 1.63. The van der Waals surface area contributed by atoms with Crippen molar-refractivity contribution in [3.8, 4) is 0 Å². The molecule has 0 amide bonds. The van der Waals surface area contributed by atoms with Crippen molar-refractivity contribution in [1.29, 1.82) is 0 Å². The summed E-state index contributed by atoms with van der Waals surface area (Å²) in [5.41, 5.74) is 1.41. The molecule has 1 heterocycles. The van der Waals surface area contributed by atoms with Gasteiger partial charge in [-0.2, -0.15) is 11.3 Å². The van der Waals surface area contributed by atoms with E-state index in [-0.39, 0.29) is 5.56 Å². The standard InChI is InChI=1S/C13H12O3S2/c14-13(15)11-1-3-12(4-2-11)18(16)8-6-10-5-7-17-9-10/h1-5,7,9H,6,8H2,(H,14,15). The first-order chi connectivity index (χ1) is 8.66. The predicted octanol–water partition coefficient (Wildman–Crippen LogP) is 2.80. The highest BCUT2D eigenvalue weighted by Crippen LogP contribution is 2.12. The first-order valence-corrected chi connectivity index (χ1v) is 7.66. The van der Waals surface area contributed by atoms with E-state index in [1.165, 1.54) is 17.7 Å². The number of aromatic carboxylic acids is 1. The highest BCUT2D eigenvalue weighted by atomic mass is 32.2. The summed E-state index contributed by atoms with van der Waals surface area (Å²) in [6, 6.07) is 8.23. The molecule has 0 aliphatic rings. The Morgan fingerprint density at radius 1 is 1.22 bits per heavy atom. The van der Waals surface area contributed by atoms with Crippen molar-refractivity contribution in [2.45, 2.75) is 11.3 Å². The van der Waals surface area contributed by atoms with Crippen molar-refractivity contribution in [3.05, 3.63) is 52.2 Å². The quantitative estimate of drug-likeness (QED) is 0.916. The van der Waals surface area contributed by atoms with E-state index in [4.69, 9.17) is 5.11 Å². The van der Waals surface area contributed by atoms with Crippen LogP contribution in [0, 0.1) is 0 Å². The molecule has 1 atom stereocenters. The smallest absolute Gasteiger partial charge is 0.335 e. The van der Waals surface area contributed by atoms with Crippen molar-refractivity contribution < 1.29 is 14.1 Å². The van der Waals surface area contributed by atoms with Crippen LogP contribution in [0.15, 0.2) is 46.0 Å². The lowest BCUT2D eigenvalue weighted by molar-refractivity contribution is 0.0697. The van der Waals surface area contributed by atoms with Gasteiger partial charge in [-0.1, -0.05) is 0 Å². The summed E-state index contributed by atoms with van der Waals surface area (Å²) in [6.45, 7) is 0. The number of rotatable bonds is 5. The van der Waals surface area contributed by atoms with E-state index in [0.29, 0.717) is 10.6 Å². The van der Waals surface area contributed by atoms with Gasteiger partial charge < -0.3 is 5.11 Å². The van der Waals surface area contributed by atoms with Crippen molar-refractivity contribution in [2.24, 2.45) is 0 Å². The highest BCUT2D eigenvalue weighted by molar-refractivity contribution is 7.85. The lowest BCUT2D eigenvalue weighted by Gasteiger charge is -2.02. The summed E-state index contributed by atoms with van der Waals surface area (Å²) < 4.78 is 12.0. The van der Waals surface area contributed by atoms with E-state index >= 15 is 0 Å². The molecule has 94 valence electrons. The van der Waals surface area contributed by atoms with Gasteiger partial charge in [-0.25, -0.2) is 4.79 Å². The van der Waals surface area contributed by atoms with Gasteiger partial charge >= 0.3 is 5.97 Å². The average molecular weight is 280 g/mol. The van der Waals surface area contributed by atoms with Crippen LogP contribution < -0.4 is 0 Å². The van der Waals surface area contributed by atoms with Crippen LogP contribution in [0.5, 0.6) is 0 Å². The lowest BCUT2D eigenvalue weighted by atomic mass is 10.2. The Bertz CT molecular complexity index is 544. The Hall–Kier alpha value is -1.46. The van der Waals surface area contributed by atoms with Gasteiger partial charge in [-0.3, -0.25) is 4.21 Å². The van der Waals surface area contributed by atoms with Crippen molar-refractivity contribution in [3.63, 3.8) is 0 Å². The maximum absolute atomic E-state index is 12.0. The molecule has 0 spiro atoms. The van der Waals surface area contributed by atoms with Crippen LogP contribution in [-0.2, 0) is 17.2 Å². The van der Waals surface area contributed by atoms with E-state index in [1.807, 2.05) is 16.8 Å². The molecule has 3 nitrogen and oxygen atoms in total. The normalized spacial score (nSPS) is 12.2. The van der Waals surface area contributed by atoms with Gasteiger partial charge in [-0.05, 0) is 53.1 Å². The molecule has 1 aromatic heterocycles. The van der Waals surface area contributed by atoms with Crippen LogP contribution in [0.2, 0.25) is 0 Å². The van der Waals surface area contributed by atoms with E-state index in [0.717, 1.165) is 6.42 Å². The number of aryl methyl sites for hydroxylation is 1. The molecule has 0 aliphatic heterocycles. The van der Waals surface area contributed by atoms with E-state index in [2.05, 4.69) is 0 Å². The summed E-state index contributed by atoms with van der Waals surface area (Å²) in [7, 11) is -1.08. The minimum atomic E-state index is -1.08. The van der Waals surface area contributed by atoms with Crippen LogP contribution in [-0.4, -0.2) is 21.0 Å². The summed E-state index contributed by atoms with van der Waals surface area (Å²) in [5, 5.41) is 12.8. The van der Waals surface area contributed by atoms with Crippen LogP contribution in [0.3, 0.4) is 0 Å². The van der Waals surface area contributed by atoms with Gasteiger partial charge in [0.25, 0.3) is 0 Å². The molecule has 18 heavy (non-hydrogen) atoms. The fraction of sp³-hybridized carbons (Fsp3) is 0.154. The fourth-order valence-electron chi connectivity index (χ4n) is 1.51. The highest BCUT2D eigenvalue weighted by Gasteiger charge is 2.07. The summed E-state index contributed by atoms with van der Waals surface area (Å²) in [4.78, 5) is 11.4. The molecule has 0 saturated heterocycles. The number of hydrogen-bond donors (Lipinski definition) is 1. The number of carboxylic acid groups (broad SMARTS) is 1. The van der Waals surface area contributed by atoms with E-state index in [1.54, 1.807) is 23.5 Å². The first-order valence-electron chi connectivity index (χ1n) is 5.39. The first kappa shape index (κ1) is 13.0. The molecule has 0 radical (unpaired) electrons. The van der Waals surface area contributed by atoms with E-state index in [9.17, 15) is 9.00 Å². The van der Waals surface area contributed by atoms with Crippen LogP contribution >= 0.6 is 11.3 Å². The molecule has 1 N–H and O–H groups in total. The second-order valence-electron chi connectivity index (χ2n) is 3.76. The van der Waals surface area contributed by atoms with Gasteiger partial charge in [0.05, 0.1) is 16.4 Å². The molecule has 0 bridgehead atoms. The Morgan fingerprint density at radius 3 is 2.50 bits per heavy atom. The molecule has 2 rings (SSSR count). The monoisotopic (exact) mass is 280 g/mol. The molecular weight excluding hydrogens is 268 g/mol. The molecule has 2 aromatic rings. The number of hydrogen-bond acceptors (Lipinski definition) is 3. The molecular formula is C13H12O3S2. The summed E-state index contributed by atoms with van der Waals surface area (Å²) in [6.07, 6.45) is 0.775. The molecule has 1 unspecified atom stereocenters. The number of benzene rings is 1. The predicted molar refractivity (Wildman–Crippen MR) is 72.7 cm³/mol. The van der Waals surface area contributed by atoms with Crippen LogP contribution in [0.1, 0.15) is 15.9 Å².